The first-order chi connectivity index (χ1) is 11.2. The number of hydrogen-bond donors (Lipinski definition) is 2. The number of likely N-dealkylation sites (tertiary alicyclic amines) is 1. The molecule has 3 rings (SSSR count). The van der Waals surface area contributed by atoms with Crippen molar-refractivity contribution in [3.63, 3.8) is 0 Å². The van der Waals surface area contributed by atoms with Gasteiger partial charge in [0.15, 0.2) is 5.96 Å². The van der Waals surface area contributed by atoms with Crippen molar-refractivity contribution in [2.45, 2.75) is 26.2 Å². The second-order valence-electron chi connectivity index (χ2n) is 5.94. The van der Waals surface area contributed by atoms with E-state index in [2.05, 4.69) is 25.2 Å². The molecule has 0 atom stereocenters. The average molecular weight is 312 g/mol. The normalized spacial score (nSPS) is 16.1. The zero-order chi connectivity index (χ0) is 16.1. The minimum Gasteiger partial charge on any atom is -0.370 e. The molecule has 1 saturated heterocycles. The highest BCUT2D eigenvalue weighted by Crippen LogP contribution is 2.16. The summed E-state index contributed by atoms with van der Waals surface area (Å²) in [5, 5.41) is 4.05. The van der Waals surface area contributed by atoms with Crippen molar-refractivity contribution in [3.05, 3.63) is 30.0 Å². The van der Waals surface area contributed by atoms with Gasteiger partial charge in [0.2, 0.25) is 5.95 Å². The maximum Gasteiger partial charge on any atom is 0.230 e. The van der Waals surface area contributed by atoms with Crippen molar-refractivity contribution >= 4 is 22.8 Å². The number of nitrogens with one attached hydrogen (secondary N) is 1. The van der Waals surface area contributed by atoms with Crippen molar-refractivity contribution in [1.29, 1.82) is 0 Å². The molecule has 2 heterocycles. The molecule has 0 amide bonds. The Balaban J connectivity index is 1.56. The van der Waals surface area contributed by atoms with Crippen LogP contribution in [-0.2, 0) is 0 Å². The molecule has 1 aromatic heterocycles. The lowest BCUT2D eigenvalue weighted by Crippen LogP contribution is -2.25. The number of hydrogen-bond acceptors (Lipinski definition) is 4. The maximum atomic E-state index is 5.94. The third kappa shape index (κ3) is 4.16. The number of anilines is 1. The number of fused-ring (bicyclic) bond motifs is 1. The molecular formula is C17H24N6. The van der Waals surface area contributed by atoms with Crippen LogP contribution in [0.5, 0.6) is 0 Å². The Kier molecular flexibility index (Phi) is 5.02. The molecule has 6 nitrogen and oxygen atoms in total. The van der Waals surface area contributed by atoms with Gasteiger partial charge < -0.3 is 10.6 Å². The molecule has 0 saturated carbocycles. The lowest BCUT2D eigenvalue weighted by molar-refractivity contribution is 0.336. The molecule has 0 radical (unpaired) electrons. The maximum absolute atomic E-state index is 5.94. The quantitative estimate of drug-likeness (QED) is 0.502. The Morgan fingerprint density at radius 2 is 2.04 bits per heavy atom. The zero-order valence-electron chi connectivity index (χ0n) is 13.6. The summed E-state index contributed by atoms with van der Waals surface area (Å²) >= 11 is 0. The van der Waals surface area contributed by atoms with Crippen LogP contribution in [-0.4, -0.2) is 47.0 Å². The SMILES string of the molecule is Cc1nc(NC(N)=NCCCN2CCCC2)nc2ccccc12. The van der Waals surface area contributed by atoms with Crippen LogP contribution in [0.15, 0.2) is 29.3 Å². The highest BCUT2D eigenvalue weighted by molar-refractivity contribution is 5.92. The minimum absolute atomic E-state index is 0.376. The number of rotatable bonds is 5. The molecule has 1 aliphatic heterocycles. The fourth-order valence-corrected chi connectivity index (χ4v) is 2.95. The van der Waals surface area contributed by atoms with E-state index in [1.54, 1.807) is 0 Å². The van der Waals surface area contributed by atoms with Gasteiger partial charge in [-0.05, 0) is 51.9 Å². The van der Waals surface area contributed by atoms with Crippen LogP contribution in [0.25, 0.3) is 10.9 Å². The molecule has 0 aliphatic carbocycles. The van der Waals surface area contributed by atoms with Gasteiger partial charge in [0.25, 0.3) is 0 Å². The molecule has 1 aromatic carbocycles. The van der Waals surface area contributed by atoms with Crippen LogP contribution in [0.4, 0.5) is 5.95 Å². The fourth-order valence-electron chi connectivity index (χ4n) is 2.95. The lowest BCUT2D eigenvalue weighted by Gasteiger charge is -2.13. The summed E-state index contributed by atoms with van der Waals surface area (Å²) in [5.74, 6) is 0.878. The number of nitrogens with two attached hydrogens (primary N) is 1. The summed E-state index contributed by atoms with van der Waals surface area (Å²) < 4.78 is 0. The number of aliphatic imine (C=N–C) groups is 1. The number of aryl methyl sites for hydroxylation is 1. The van der Waals surface area contributed by atoms with Gasteiger partial charge in [-0.1, -0.05) is 18.2 Å². The number of guanidine groups is 1. The number of aromatic nitrogens is 2. The van der Waals surface area contributed by atoms with E-state index in [-0.39, 0.29) is 0 Å². The first kappa shape index (κ1) is 15.7. The topological polar surface area (TPSA) is 79.4 Å². The van der Waals surface area contributed by atoms with Gasteiger partial charge in [-0.15, -0.1) is 0 Å². The second kappa shape index (κ2) is 7.37. The monoisotopic (exact) mass is 312 g/mol. The van der Waals surface area contributed by atoms with Crippen molar-refractivity contribution in [2.24, 2.45) is 10.7 Å². The molecule has 0 unspecified atom stereocenters. The Morgan fingerprint density at radius 1 is 1.26 bits per heavy atom. The van der Waals surface area contributed by atoms with Crippen molar-refractivity contribution in [3.8, 4) is 0 Å². The zero-order valence-corrected chi connectivity index (χ0v) is 13.6. The third-order valence-corrected chi connectivity index (χ3v) is 4.15. The van der Waals surface area contributed by atoms with Gasteiger partial charge in [-0.3, -0.25) is 10.3 Å². The van der Waals surface area contributed by atoms with Crippen LogP contribution in [0, 0.1) is 6.92 Å². The first-order valence-corrected chi connectivity index (χ1v) is 8.25. The summed E-state index contributed by atoms with van der Waals surface area (Å²) in [4.78, 5) is 15.8. The van der Waals surface area contributed by atoms with Gasteiger partial charge in [0, 0.05) is 11.9 Å². The van der Waals surface area contributed by atoms with Crippen LogP contribution in [0.1, 0.15) is 25.0 Å². The molecule has 122 valence electrons. The predicted molar refractivity (Wildman–Crippen MR) is 94.7 cm³/mol. The van der Waals surface area contributed by atoms with E-state index >= 15 is 0 Å². The van der Waals surface area contributed by atoms with Gasteiger partial charge in [-0.25, -0.2) is 9.97 Å². The molecule has 0 bridgehead atoms. The molecule has 1 aliphatic rings. The number of benzene rings is 1. The summed E-state index contributed by atoms with van der Waals surface area (Å²) in [6.45, 7) is 6.24. The summed E-state index contributed by atoms with van der Waals surface area (Å²) in [6, 6.07) is 7.94. The van der Waals surface area contributed by atoms with E-state index in [1.807, 2.05) is 31.2 Å². The minimum atomic E-state index is 0.376. The largest absolute Gasteiger partial charge is 0.370 e. The van der Waals surface area contributed by atoms with Crippen LogP contribution >= 0.6 is 0 Å². The van der Waals surface area contributed by atoms with Crippen molar-refractivity contribution in [2.75, 3.05) is 31.5 Å². The molecule has 0 spiro atoms. The molecule has 1 fully saturated rings. The summed E-state index contributed by atoms with van der Waals surface area (Å²) in [7, 11) is 0. The Labute approximate surface area is 136 Å². The Morgan fingerprint density at radius 3 is 2.87 bits per heavy atom. The van der Waals surface area contributed by atoms with Crippen LogP contribution in [0.3, 0.4) is 0 Å². The van der Waals surface area contributed by atoms with E-state index < -0.39 is 0 Å². The standard InChI is InChI=1S/C17H24N6/c1-13-14-7-2-3-8-15(14)21-17(20-13)22-16(18)19-9-6-12-23-10-4-5-11-23/h2-3,7-8H,4-6,9-12H2,1H3,(H3,18,19,20,21,22). The highest BCUT2D eigenvalue weighted by atomic mass is 15.2. The van der Waals surface area contributed by atoms with Gasteiger partial charge in [0.1, 0.15) is 0 Å². The average Bonchev–Trinajstić information content (AvgIpc) is 3.05. The number of nitrogens with zero attached hydrogens (tertiary/aromatic N) is 4. The third-order valence-electron chi connectivity index (χ3n) is 4.15. The van der Waals surface area contributed by atoms with Crippen molar-refractivity contribution in [1.82, 2.24) is 14.9 Å². The Bertz CT molecular complexity index is 691. The van der Waals surface area contributed by atoms with E-state index in [0.717, 1.165) is 36.1 Å². The summed E-state index contributed by atoms with van der Waals surface area (Å²) in [6.07, 6.45) is 3.68. The second-order valence-corrected chi connectivity index (χ2v) is 5.94. The highest BCUT2D eigenvalue weighted by Gasteiger charge is 2.10. The molecule has 6 heteroatoms. The predicted octanol–water partition coefficient (Wildman–Crippen LogP) is 2.15. The van der Waals surface area contributed by atoms with Gasteiger partial charge >= 0.3 is 0 Å². The van der Waals surface area contributed by atoms with Gasteiger partial charge in [-0.2, -0.15) is 0 Å². The van der Waals surface area contributed by atoms with Crippen LogP contribution < -0.4 is 11.1 Å². The molecule has 2 aromatic rings. The van der Waals surface area contributed by atoms with E-state index in [9.17, 15) is 0 Å². The molecule has 23 heavy (non-hydrogen) atoms. The molecular weight excluding hydrogens is 288 g/mol. The Hall–Kier alpha value is -2.21. The number of para-hydroxylation sites is 1. The van der Waals surface area contributed by atoms with E-state index in [0.29, 0.717) is 11.9 Å². The lowest BCUT2D eigenvalue weighted by atomic mass is 10.2. The van der Waals surface area contributed by atoms with Gasteiger partial charge in [0.05, 0.1) is 11.2 Å². The van der Waals surface area contributed by atoms with E-state index in [1.165, 1.54) is 25.9 Å². The first-order valence-electron chi connectivity index (χ1n) is 8.25. The van der Waals surface area contributed by atoms with E-state index in [4.69, 9.17) is 5.73 Å². The fraction of sp³-hybridized carbons (Fsp3) is 0.471. The smallest absolute Gasteiger partial charge is 0.230 e. The molecule has 3 N–H and O–H groups in total. The summed E-state index contributed by atoms with van der Waals surface area (Å²) in [5.41, 5.74) is 7.78. The van der Waals surface area contributed by atoms with Crippen molar-refractivity contribution < 1.29 is 0 Å². The van der Waals surface area contributed by atoms with Crippen LogP contribution in [0.2, 0.25) is 0 Å².